The van der Waals surface area contributed by atoms with E-state index >= 15 is 0 Å². The lowest BCUT2D eigenvalue weighted by Crippen LogP contribution is -2.47. The zero-order chi connectivity index (χ0) is 18.7. The van der Waals surface area contributed by atoms with Crippen LogP contribution in [0.3, 0.4) is 0 Å². The van der Waals surface area contributed by atoms with E-state index in [1.165, 1.54) is 6.33 Å². The van der Waals surface area contributed by atoms with E-state index in [-0.39, 0.29) is 17.3 Å². The zero-order valence-corrected chi connectivity index (χ0v) is 15.3. The smallest absolute Gasteiger partial charge is 0.334 e. The number of piperazine rings is 1. The van der Waals surface area contributed by atoms with Crippen molar-refractivity contribution in [2.75, 3.05) is 44.0 Å². The molecule has 1 saturated heterocycles. The van der Waals surface area contributed by atoms with Crippen LogP contribution in [0.2, 0.25) is 5.02 Å². The number of benzene rings is 1. The molecule has 2 N–H and O–H groups in total. The molecule has 0 radical (unpaired) electrons. The summed E-state index contributed by atoms with van der Waals surface area (Å²) in [5.74, 6) is 0.302. The molecule has 1 aromatic heterocycles. The molecule has 1 aliphatic heterocycles. The van der Waals surface area contributed by atoms with Gasteiger partial charge in [-0.25, -0.2) is 15.0 Å². The van der Waals surface area contributed by atoms with E-state index in [4.69, 9.17) is 11.6 Å². The second kappa shape index (κ2) is 7.81. The Morgan fingerprint density at radius 1 is 1.19 bits per heavy atom. The Labute approximate surface area is 156 Å². The molecule has 0 atom stereocenters. The molecule has 0 aliphatic carbocycles. The van der Waals surface area contributed by atoms with Gasteiger partial charge < -0.3 is 10.2 Å². The largest absolute Gasteiger partial charge is 0.354 e. The Hall–Kier alpha value is -2.49. The van der Waals surface area contributed by atoms with Crippen molar-refractivity contribution < 1.29 is 4.92 Å². The third-order valence-electron chi connectivity index (χ3n) is 4.21. The Kier molecular flexibility index (Phi) is 5.50. The van der Waals surface area contributed by atoms with E-state index in [9.17, 15) is 10.1 Å². The summed E-state index contributed by atoms with van der Waals surface area (Å²) in [7, 11) is 2.04. The lowest BCUT2D eigenvalue weighted by Gasteiger charge is -2.32. The average Bonchev–Trinajstić information content (AvgIpc) is 2.59. The van der Waals surface area contributed by atoms with Gasteiger partial charge in [-0.15, -0.1) is 0 Å². The van der Waals surface area contributed by atoms with E-state index in [0.717, 1.165) is 31.7 Å². The van der Waals surface area contributed by atoms with Gasteiger partial charge in [-0.2, -0.15) is 0 Å². The quantitative estimate of drug-likeness (QED) is 0.606. The molecule has 9 nitrogen and oxygen atoms in total. The van der Waals surface area contributed by atoms with Crippen LogP contribution >= 0.6 is 11.6 Å². The van der Waals surface area contributed by atoms with Crippen LogP contribution < -0.4 is 10.7 Å². The minimum Gasteiger partial charge on any atom is -0.334 e. The summed E-state index contributed by atoms with van der Waals surface area (Å²) in [6.07, 6.45) is 1.30. The summed E-state index contributed by atoms with van der Waals surface area (Å²) < 4.78 is 0. The van der Waals surface area contributed by atoms with Crippen molar-refractivity contribution in [2.24, 2.45) is 0 Å². The number of aryl methyl sites for hydroxylation is 1. The van der Waals surface area contributed by atoms with Crippen LogP contribution in [0.25, 0.3) is 0 Å². The van der Waals surface area contributed by atoms with E-state index in [0.29, 0.717) is 10.7 Å². The monoisotopic (exact) mass is 377 g/mol. The van der Waals surface area contributed by atoms with E-state index < -0.39 is 4.92 Å². The van der Waals surface area contributed by atoms with Gasteiger partial charge >= 0.3 is 5.69 Å². The van der Waals surface area contributed by atoms with Gasteiger partial charge in [0.05, 0.1) is 4.92 Å². The van der Waals surface area contributed by atoms with Gasteiger partial charge in [0.1, 0.15) is 6.33 Å². The van der Waals surface area contributed by atoms with E-state index in [1.54, 1.807) is 18.2 Å². The SMILES string of the molecule is Cc1cc(Cl)ccc1Nc1ncnc(NN2CCN(C)CC2)c1[N+](=O)[O-]. The highest BCUT2D eigenvalue weighted by atomic mass is 35.5. The number of hydrogen-bond donors (Lipinski definition) is 2. The first-order valence-electron chi connectivity index (χ1n) is 8.17. The number of aromatic nitrogens is 2. The molecule has 1 aliphatic rings. The second-order valence-corrected chi connectivity index (χ2v) is 6.60. The third kappa shape index (κ3) is 4.18. The number of halogens is 1. The van der Waals surface area contributed by atoms with Gasteiger partial charge in [-0.1, -0.05) is 11.6 Å². The molecule has 10 heteroatoms. The first-order chi connectivity index (χ1) is 12.4. The molecule has 0 spiro atoms. The molecule has 0 saturated carbocycles. The molecule has 26 heavy (non-hydrogen) atoms. The highest BCUT2D eigenvalue weighted by molar-refractivity contribution is 6.30. The number of likely N-dealkylation sites (N-methyl/N-ethyl adjacent to an activating group) is 1. The topological polar surface area (TPSA) is 99.5 Å². The summed E-state index contributed by atoms with van der Waals surface area (Å²) in [6.45, 7) is 5.11. The molecular weight excluding hydrogens is 358 g/mol. The van der Waals surface area contributed by atoms with Crippen molar-refractivity contribution >= 4 is 34.6 Å². The van der Waals surface area contributed by atoms with E-state index in [2.05, 4.69) is 25.6 Å². The number of nitrogens with one attached hydrogen (secondary N) is 2. The first-order valence-corrected chi connectivity index (χ1v) is 8.54. The second-order valence-electron chi connectivity index (χ2n) is 6.16. The van der Waals surface area contributed by atoms with Gasteiger partial charge in [0, 0.05) is 36.9 Å². The molecule has 2 aromatic rings. The van der Waals surface area contributed by atoms with Crippen LogP contribution in [-0.2, 0) is 0 Å². The lowest BCUT2D eigenvalue weighted by molar-refractivity contribution is -0.383. The average molecular weight is 378 g/mol. The fourth-order valence-electron chi connectivity index (χ4n) is 2.69. The summed E-state index contributed by atoms with van der Waals surface area (Å²) >= 11 is 5.97. The molecule has 1 fully saturated rings. The molecule has 2 heterocycles. The van der Waals surface area contributed by atoms with Crippen molar-refractivity contribution in [2.45, 2.75) is 6.92 Å². The Morgan fingerprint density at radius 2 is 1.88 bits per heavy atom. The number of rotatable bonds is 5. The summed E-state index contributed by atoms with van der Waals surface area (Å²) in [6, 6.07) is 5.25. The molecule has 1 aromatic carbocycles. The van der Waals surface area contributed by atoms with E-state index in [1.807, 2.05) is 19.0 Å². The van der Waals surface area contributed by atoms with Crippen LogP contribution in [-0.4, -0.2) is 58.0 Å². The normalized spacial score (nSPS) is 15.7. The van der Waals surface area contributed by atoms with Gasteiger partial charge in [-0.3, -0.25) is 15.5 Å². The molecule has 0 bridgehead atoms. The van der Waals surface area contributed by atoms with Crippen molar-refractivity contribution in [1.82, 2.24) is 19.9 Å². The highest BCUT2D eigenvalue weighted by Gasteiger charge is 2.25. The van der Waals surface area contributed by atoms with Crippen LogP contribution in [0.4, 0.5) is 23.0 Å². The van der Waals surface area contributed by atoms with Gasteiger partial charge in [0.25, 0.3) is 0 Å². The van der Waals surface area contributed by atoms with Crippen molar-refractivity contribution in [1.29, 1.82) is 0 Å². The highest BCUT2D eigenvalue weighted by Crippen LogP contribution is 2.32. The fraction of sp³-hybridized carbons (Fsp3) is 0.375. The number of hydrogen-bond acceptors (Lipinski definition) is 8. The third-order valence-corrected chi connectivity index (χ3v) is 4.45. The van der Waals surface area contributed by atoms with Crippen LogP contribution in [0, 0.1) is 17.0 Å². The standard InChI is InChI=1S/C16H20ClN7O2/c1-11-9-12(17)3-4-13(11)20-15-14(24(25)26)16(19-10-18-15)21-23-7-5-22(2)6-8-23/h3-4,9-10H,5-8H2,1-2H3,(H2,18,19,20,21). The molecule has 0 amide bonds. The van der Waals surface area contributed by atoms with Crippen LogP contribution in [0.15, 0.2) is 24.5 Å². The maximum atomic E-state index is 11.7. The number of anilines is 3. The van der Waals surface area contributed by atoms with Gasteiger partial charge in [0.15, 0.2) is 0 Å². The van der Waals surface area contributed by atoms with Crippen molar-refractivity contribution in [3.63, 3.8) is 0 Å². The molecule has 3 rings (SSSR count). The summed E-state index contributed by atoms with van der Waals surface area (Å²) in [5, 5.41) is 17.2. The Bertz CT molecular complexity index is 809. The molecule has 0 unspecified atom stereocenters. The maximum Gasteiger partial charge on any atom is 0.354 e. The van der Waals surface area contributed by atoms with Gasteiger partial charge in [-0.05, 0) is 37.7 Å². The maximum absolute atomic E-state index is 11.7. The first kappa shape index (κ1) is 18.3. The number of nitro groups is 1. The number of nitrogens with zero attached hydrogens (tertiary/aromatic N) is 5. The van der Waals surface area contributed by atoms with Crippen LogP contribution in [0.5, 0.6) is 0 Å². The predicted octanol–water partition coefficient (Wildman–Crippen LogP) is 2.66. The van der Waals surface area contributed by atoms with Gasteiger partial charge in [0.2, 0.25) is 11.6 Å². The Morgan fingerprint density at radius 3 is 2.54 bits per heavy atom. The molecular formula is C16H20ClN7O2. The Balaban J connectivity index is 1.87. The summed E-state index contributed by atoms with van der Waals surface area (Å²) in [5.41, 5.74) is 4.42. The predicted molar refractivity (Wildman–Crippen MR) is 101 cm³/mol. The number of hydrazine groups is 1. The molecule has 138 valence electrons. The van der Waals surface area contributed by atoms with Crippen LogP contribution in [0.1, 0.15) is 5.56 Å². The summed E-state index contributed by atoms with van der Waals surface area (Å²) in [4.78, 5) is 21.5. The minimum atomic E-state index is -0.480. The van der Waals surface area contributed by atoms with Crippen molar-refractivity contribution in [3.05, 3.63) is 45.2 Å². The minimum absolute atomic E-state index is 0.132. The lowest BCUT2D eigenvalue weighted by atomic mass is 10.2. The zero-order valence-electron chi connectivity index (χ0n) is 14.6. The van der Waals surface area contributed by atoms with Crippen molar-refractivity contribution in [3.8, 4) is 0 Å². The fourth-order valence-corrected chi connectivity index (χ4v) is 2.91.